The number of halogens is 1. The second kappa shape index (κ2) is 5.78. The molecule has 0 aliphatic carbocycles. The van der Waals surface area contributed by atoms with Crippen molar-refractivity contribution in [1.29, 1.82) is 0 Å². The lowest BCUT2D eigenvalue weighted by atomic mass is 10.0. The molecule has 1 aromatic heterocycles. The minimum Gasteiger partial charge on any atom is -0.393 e. The van der Waals surface area contributed by atoms with Crippen LogP contribution in [0.3, 0.4) is 0 Å². The molecule has 0 aliphatic heterocycles. The van der Waals surface area contributed by atoms with E-state index in [0.717, 1.165) is 17.5 Å². The SMILES string of the molecule is Cn1cc(CCC(O)Cc2ccc(F)cc2)cn1. The lowest BCUT2D eigenvalue weighted by Crippen LogP contribution is -2.11. The minimum atomic E-state index is -0.407. The summed E-state index contributed by atoms with van der Waals surface area (Å²) in [5, 5.41) is 14.0. The molecule has 1 aromatic carbocycles. The van der Waals surface area contributed by atoms with Gasteiger partial charge in [0.05, 0.1) is 12.3 Å². The van der Waals surface area contributed by atoms with Crippen molar-refractivity contribution >= 4 is 0 Å². The number of nitrogens with zero attached hydrogens (tertiary/aromatic N) is 2. The number of benzene rings is 1. The van der Waals surface area contributed by atoms with Crippen LogP contribution in [0.25, 0.3) is 0 Å². The van der Waals surface area contributed by atoms with Crippen molar-refractivity contribution in [1.82, 2.24) is 9.78 Å². The highest BCUT2D eigenvalue weighted by molar-refractivity contribution is 5.17. The molecule has 2 aromatic rings. The zero-order valence-electron chi connectivity index (χ0n) is 10.4. The zero-order chi connectivity index (χ0) is 13.0. The molecule has 1 atom stereocenters. The molecular formula is C14H17FN2O. The van der Waals surface area contributed by atoms with E-state index in [2.05, 4.69) is 5.10 Å². The molecule has 0 bridgehead atoms. The van der Waals surface area contributed by atoms with Gasteiger partial charge in [0.25, 0.3) is 0 Å². The molecule has 0 aliphatic rings. The van der Waals surface area contributed by atoms with Crippen LogP contribution < -0.4 is 0 Å². The molecule has 1 N–H and O–H groups in total. The topological polar surface area (TPSA) is 38.0 Å². The van der Waals surface area contributed by atoms with Gasteiger partial charge < -0.3 is 5.11 Å². The summed E-state index contributed by atoms with van der Waals surface area (Å²) in [5.41, 5.74) is 2.07. The highest BCUT2D eigenvalue weighted by Gasteiger charge is 2.07. The fourth-order valence-electron chi connectivity index (χ4n) is 1.93. The molecule has 0 saturated heterocycles. The second-order valence-electron chi connectivity index (χ2n) is 4.55. The van der Waals surface area contributed by atoms with E-state index in [1.54, 1.807) is 16.8 Å². The van der Waals surface area contributed by atoms with Gasteiger partial charge in [-0.1, -0.05) is 12.1 Å². The van der Waals surface area contributed by atoms with Crippen molar-refractivity contribution in [2.45, 2.75) is 25.4 Å². The number of aryl methyl sites for hydroxylation is 2. The molecule has 0 saturated carbocycles. The van der Waals surface area contributed by atoms with Gasteiger partial charge in [-0.25, -0.2) is 4.39 Å². The lowest BCUT2D eigenvalue weighted by molar-refractivity contribution is 0.165. The van der Waals surface area contributed by atoms with Crippen LogP contribution in [-0.4, -0.2) is 21.0 Å². The number of hydrogen-bond acceptors (Lipinski definition) is 2. The molecule has 0 spiro atoms. The van der Waals surface area contributed by atoms with E-state index in [4.69, 9.17) is 0 Å². The third kappa shape index (κ3) is 3.67. The van der Waals surface area contributed by atoms with E-state index in [0.29, 0.717) is 12.8 Å². The average molecular weight is 248 g/mol. The summed E-state index contributed by atoms with van der Waals surface area (Å²) >= 11 is 0. The van der Waals surface area contributed by atoms with Gasteiger partial charge in [0.1, 0.15) is 5.82 Å². The maximum Gasteiger partial charge on any atom is 0.123 e. The summed E-state index contributed by atoms with van der Waals surface area (Å²) in [4.78, 5) is 0. The van der Waals surface area contributed by atoms with Crippen molar-refractivity contribution in [3.63, 3.8) is 0 Å². The van der Waals surface area contributed by atoms with Gasteiger partial charge in [-0.3, -0.25) is 4.68 Å². The van der Waals surface area contributed by atoms with Crippen LogP contribution in [-0.2, 0) is 19.9 Å². The zero-order valence-corrected chi connectivity index (χ0v) is 10.4. The van der Waals surface area contributed by atoms with Crippen LogP contribution >= 0.6 is 0 Å². The summed E-state index contributed by atoms with van der Waals surface area (Å²) in [6.45, 7) is 0. The Morgan fingerprint density at radius 2 is 2.00 bits per heavy atom. The van der Waals surface area contributed by atoms with Crippen LogP contribution in [0.4, 0.5) is 4.39 Å². The summed E-state index contributed by atoms with van der Waals surface area (Å²) in [7, 11) is 1.87. The smallest absolute Gasteiger partial charge is 0.123 e. The molecule has 18 heavy (non-hydrogen) atoms. The first-order chi connectivity index (χ1) is 8.63. The summed E-state index contributed by atoms with van der Waals surface area (Å²) in [6, 6.07) is 6.26. The van der Waals surface area contributed by atoms with Crippen molar-refractivity contribution in [2.75, 3.05) is 0 Å². The van der Waals surface area contributed by atoms with Gasteiger partial charge in [-0.15, -0.1) is 0 Å². The molecule has 4 heteroatoms. The molecule has 1 unspecified atom stereocenters. The molecule has 0 amide bonds. The van der Waals surface area contributed by atoms with Gasteiger partial charge in [0.2, 0.25) is 0 Å². The van der Waals surface area contributed by atoms with Gasteiger partial charge in [0, 0.05) is 13.2 Å². The first kappa shape index (κ1) is 12.8. The van der Waals surface area contributed by atoms with Crippen LogP contribution in [0, 0.1) is 5.82 Å². The highest BCUT2D eigenvalue weighted by Crippen LogP contribution is 2.10. The van der Waals surface area contributed by atoms with E-state index in [1.165, 1.54) is 12.1 Å². The van der Waals surface area contributed by atoms with Crippen LogP contribution in [0.15, 0.2) is 36.7 Å². The maximum absolute atomic E-state index is 12.7. The Kier molecular flexibility index (Phi) is 4.10. The first-order valence-electron chi connectivity index (χ1n) is 6.03. The monoisotopic (exact) mass is 248 g/mol. The van der Waals surface area contributed by atoms with E-state index < -0.39 is 6.10 Å². The Labute approximate surface area is 106 Å². The fourth-order valence-corrected chi connectivity index (χ4v) is 1.93. The number of aliphatic hydroxyl groups excluding tert-OH is 1. The molecule has 0 fully saturated rings. The second-order valence-corrected chi connectivity index (χ2v) is 4.55. The molecule has 3 nitrogen and oxygen atoms in total. The highest BCUT2D eigenvalue weighted by atomic mass is 19.1. The molecule has 96 valence electrons. The summed E-state index contributed by atoms with van der Waals surface area (Å²) < 4.78 is 14.5. The van der Waals surface area contributed by atoms with E-state index in [1.807, 2.05) is 19.4 Å². The third-order valence-corrected chi connectivity index (χ3v) is 2.91. The van der Waals surface area contributed by atoms with E-state index >= 15 is 0 Å². The molecular weight excluding hydrogens is 231 g/mol. The van der Waals surface area contributed by atoms with Gasteiger partial charge in [-0.2, -0.15) is 5.10 Å². The summed E-state index contributed by atoms with van der Waals surface area (Å²) in [5.74, 6) is -0.247. The van der Waals surface area contributed by atoms with Crippen molar-refractivity contribution < 1.29 is 9.50 Å². The Morgan fingerprint density at radius 1 is 1.28 bits per heavy atom. The van der Waals surface area contributed by atoms with Gasteiger partial charge >= 0.3 is 0 Å². The predicted octanol–water partition coefficient (Wildman–Crippen LogP) is 2.10. The van der Waals surface area contributed by atoms with Crippen LogP contribution in [0.5, 0.6) is 0 Å². The van der Waals surface area contributed by atoms with Crippen molar-refractivity contribution in [2.24, 2.45) is 7.05 Å². The van der Waals surface area contributed by atoms with Crippen LogP contribution in [0.1, 0.15) is 17.5 Å². The van der Waals surface area contributed by atoms with E-state index in [-0.39, 0.29) is 5.82 Å². The Hall–Kier alpha value is -1.68. The minimum absolute atomic E-state index is 0.247. The largest absolute Gasteiger partial charge is 0.393 e. The maximum atomic E-state index is 12.7. The molecule has 2 rings (SSSR count). The Morgan fingerprint density at radius 3 is 2.61 bits per heavy atom. The van der Waals surface area contributed by atoms with Gasteiger partial charge in [0.15, 0.2) is 0 Å². The standard InChI is InChI=1S/C14H17FN2O/c1-17-10-12(9-16-17)4-7-14(18)8-11-2-5-13(15)6-3-11/h2-3,5-6,9-10,14,18H,4,7-8H2,1H3. The fraction of sp³-hybridized carbons (Fsp3) is 0.357. The number of aromatic nitrogens is 2. The third-order valence-electron chi connectivity index (χ3n) is 2.91. The first-order valence-corrected chi connectivity index (χ1v) is 6.03. The lowest BCUT2D eigenvalue weighted by Gasteiger charge is -2.09. The van der Waals surface area contributed by atoms with Gasteiger partial charge in [-0.05, 0) is 42.5 Å². The van der Waals surface area contributed by atoms with Crippen LogP contribution in [0.2, 0.25) is 0 Å². The Balaban J connectivity index is 1.81. The average Bonchev–Trinajstić information content (AvgIpc) is 2.76. The number of hydrogen-bond donors (Lipinski definition) is 1. The van der Waals surface area contributed by atoms with E-state index in [9.17, 15) is 9.50 Å². The predicted molar refractivity (Wildman–Crippen MR) is 67.6 cm³/mol. The normalized spacial score (nSPS) is 12.6. The molecule has 0 radical (unpaired) electrons. The van der Waals surface area contributed by atoms with Crippen molar-refractivity contribution in [3.8, 4) is 0 Å². The Bertz CT molecular complexity index is 493. The number of aliphatic hydroxyl groups is 1. The quantitative estimate of drug-likeness (QED) is 0.880. The van der Waals surface area contributed by atoms with Crippen molar-refractivity contribution in [3.05, 3.63) is 53.6 Å². The molecule has 1 heterocycles. The number of rotatable bonds is 5. The summed E-state index contributed by atoms with van der Waals surface area (Å²) in [6.07, 6.45) is 5.39.